The maximum absolute atomic E-state index is 13.0. The van der Waals surface area contributed by atoms with Crippen LogP contribution >= 0.6 is 0 Å². The normalized spacial score (nSPS) is 30.0. The van der Waals surface area contributed by atoms with E-state index in [2.05, 4.69) is 10.6 Å². The average Bonchev–Trinajstić information content (AvgIpc) is 2.63. The molecule has 4 atom stereocenters. The van der Waals surface area contributed by atoms with Gasteiger partial charge in [-0.05, 0) is 58.4 Å². The highest BCUT2D eigenvalue weighted by molar-refractivity contribution is 7.89. The topological polar surface area (TPSA) is 87.7 Å². The minimum Gasteiger partial charge on any atom is -0.373 e. The van der Waals surface area contributed by atoms with Crippen LogP contribution in [0.2, 0.25) is 0 Å². The molecular formula is C19H29N3O4S. The molecule has 1 aromatic rings. The largest absolute Gasteiger partial charge is 0.373 e. The smallest absolute Gasteiger partial charge is 0.251 e. The number of ether oxygens (including phenoxy) is 1. The van der Waals surface area contributed by atoms with Crippen LogP contribution in [0.3, 0.4) is 0 Å². The van der Waals surface area contributed by atoms with E-state index in [-0.39, 0.29) is 35.1 Å². The summed E-state index contributed by atoms with van der Waals surface area (Å²) in [4.78, 5) is 12.8. The van der Waals surface area contributed by atoms with Gasteiger partial charge >= 0.3 is 0 Å². The molecule has 27 heavy (non-hydrogen) atoms. The molecule has 2 aliphatic rings. The molecule has 4 unspecified atom stereocenters. The fraction of sp³-hybridized carbons (Fsp3) is 0.632. The zero-order valence-electron chi connectivity index (χ0n) is 16.1. The number of nitrogens with zero attached hydrogens (tertiary/aromatic N) is 1. The van der Waals surface area contributed by atoms with Gasteiger partial charge in [0, 0.05) is 30.7 Å². The summed E-state index contributed by atoms with van der Waals surface area (Å²) in [6.45, 7) is 7.36. The molecule has 1 amide bonds. The van der Waals surface area contributed by atoms with Crippen molar-refractivity contribution in [2.45, 2.75) is 62.8 Å². The molecule has 0 saturated carbocycles. The number of hydrogen-bond donors (Lipinski definition) is 2. The Bertz CT molecular complexity index is 773. The van der Waals surface area contributed by atoms with E-state index >= 15 is 0 Å². The highest BCUT2D eigenvalue weighted by Crippen LogP contribution is 2.22. The first-order chi connectivity index (χ1) is 12.8. The predicted molar refractivity (Wildman–Crippen MR) is 103 cm³/mol. The Hall–Kier alpha value is -1.48. The van der Waals surface area contributed by atoms with Crippen LogP contribution < -0.4 is 10.6 Å². The molecular weight excluding hydrogens is 366 g/mol. The second-order valence-corrected chi connectivity index (χ2v) is 9.51. The molecule has 150 valence electrons. The van der Waals surface area contributed by atoms with E-state index in [1.165, 1.54) is 10.4 Å². The Morgan fingerprint density at radius 2 is 1.93 bits per heavy atom. The van der Waals surface area contributed by atoms with Crippen LogP contribution in [0.5, 0.6) is 0 Å². The van der Waals surface area contributed by atoms with Crippen LogP contribution in [-0.2, 0) is 14.8 Å². The van der Waals surface area contributed by atoms with E-state index in [4.69, 9.17) is 4.74 Å². The SMILES string of the molecule is CC1CN(S(=O)(=O)c2cccc(C(=O)NC3CCCNC3C)c2)CC(C)O1. The highest BCUT2D eigenvalue weighted by atomic mass is 32.2. The number of benzene rings is 1. The molecule has 0 aliphatic carbocycles. The quantitative estimate of drug-likeness (QED) is 0.804. The third-order valence-electron chi connectivity index (χ3n) is 5.20. The number of sulfonamides is 1. The lowest BCUT2D eigenvalue weighted by atomic mass is 9.99. The number of nitrogens with one attached hydrogen (secondary N) is 2. The van der Waals surface area contributed by atoms with Crippen LogP contribution in [0.25, 0.3) is 0 Å². The van der Waals surface area contributed by atoms with Crippen LogP contribution in [0, 0.1) is 0 Å². The average molecular weight is 396 g/mol. The van der Waals surface area contributed by atoms with Crippen LogP contribution in [0.15, 0.2) is 29.2 Å². The fourth-order valence-electron chi connectivity index (χ4n) is 3.77. The molecule has 0 bridgehead atoms. The summed E-state index contributed by atoms with van der Waals surface area (Å²) in [5.74, 6) is -0.240. The van der Waals surface area contributed by atoms with Crippen molar-refractivity contribution in [3.8, 4) is 0 Å². The van der Waals surface area contributed by atoms with Crippen molar-refractivity contribution in [2.75, 3.05) is 19.6 Å². The van der Waals surface area contributed by atoms with Crippen molar-refractivity contribution in [3.05, 3.63) is 29.8 Å². The molecule has 0 aromatic heterocycles. The van der Waals surface area contributed by atoms with Crippen molar-refractivity contribution >= 4 is 15.9 Å². The number of amides is 1. The van der Waals surface area contributed by atoms with Crippen LogP contribution in [0.4, 0.5) is 0 Å². The lowest BCUT2D eigenvalue weighted by Gasteiger charge is -2.34. The standard InChI is InChI=1S/C19H29N3O4S/c1-13-11-22(12-14(2)26-13)27(24,25)17-7-4-6-16(10-17)19(23)21-18-8-5-9-20-15(18)3/h4,6-7,10,13-15,18,20H,5,8-9,11-12H2,1-3H3,(H,21,23). The minimum absolute atomic E-state index is 0.0486. The van der Waals surface area contributed by atoms with Gasteiger partial charge in [0.1, 0.15) is 0 Å². The van der Waals surface area contributed by atoms with Gasteiger partial charge < -0.3 is 15.4 Å². The van der Waals surface area contributed by atoms with Crippen molar-refractivity contribution < 1.29 is 17.9 Å². The maximum atomic E-state index is 13.0. The van der Waals surface area contributed by atoms with Crippen LogP contribution in [0.1, 0.15) is 44.0 Å². The van der Waals surface area contributed by atoms with Gasteiger partial charge in [-0.25, -0.2) is 8.42 Å². The summed E-state index contributed by atoms with van der Waals surface area (Å²) >= 11 is 0. The summed E-state index contributed by atoms with van der Waals surface area (Å²) in [5, 5.41) is 6.37. The van der Waals surface area contributed by atoms with Gasteiger partial charge in [0.2, 0.25) is 10.0 Å². The Labute approximate surface area is 161 Å². The molecule has 7 nitrogen and oxygen atoms in total. The van der Waals surface area contributed by atoms with E-state index in [0.29, 0.717) is 18.7 Å². The van der Waals surface area contributed by atoms with Gasteiger partial charge in [-0.2, -0.15) is 4.31 Å². The van der Waals surface area contributed by atoms with E-state index in [1.807, 2.05) is 20.8 Å². The minimum atomic E-state index is -3.67. The van der Waals surface area contributed by atoms with E-state index in [1.54, 1.807) is 18.2 Å². The summed E-state index contributed by atoms with van der Waals surface area (Å²) in [6, 6.07) is 6.54. The summed E-state index contributed by atoms with van der Waals surface area (Å²) in [5.41, 5.74) is 0.364. The Morgan fingerprint density at radius 1 is 1.22 bits per heavy atom. The summed E-state index contributed by atoms with van der Waals surface area (Å²) in [7, 11) is -3.67. The number of piperidine rings is 1. The Kier molecular flexibility index (Phi) is 6.20. The van der Waals surface area contributed by atoms with Crippen molar-refractivity contribution in [2.24, 2.45) is 0 Å². The summed E-state index contributed by atoms with van der Waals surface area (Å²) < 4.78 is 33.1. The van der Waals surface area contributed by atoms with E-state index in [0.717, 1.165) is 19.4 Å². The zero-order valence-corrected chi connectivity index (χ0v) is 17.0. The van der Waals surface area contributed by atoms with Crippen molar-refractivity contribution in [1.29, 1.82) is 0 Å². The second kappa shape index (κ2) is 8.26. The molecule has 2 N–H and O–H groups in total. The first-order valence-electron chi connectivity index (χ1n) is 9.57. The van der Waals surface area contributed by atoms with Gasteiger partial charge in [-0.3, -0.25) is 4.79 Å². The summed E-state index contributed by atoms with van der Waals surface area (Å²) in [6.07, 6.45) is 1.61. The van der Waals surface area contributed by atoms with Gasteiger partial charge in [-0.1, -0.05) is 6.07 Å². The van der Waals surface area contributed by atoms with E-state index < -0.39 is 10.0 Å². The Morgan fingerprint density at radius 3 is 2.59 bits per heavy atom. The molecule has 2 aliphatic heterocycles. The lowest BCUT2D eigenvalue weighted by molar-refractivity contribution is -0.0440. The van der Waals surface area contributed by atoms with Gasteiger partial charge in [0.25, 0.3) is 5.91 Å². The third kappa shape index (κ3) is 4.68. The molecule has 0 radical (unpaired) electrons. The van der Waals surface area contributed by atoms with Crippen molar-refractivity contribution in [3.63, 3.8) is 0 Å². The van der Waals surface area contributed by atoms with Crippen molar-refractivity contribution in [1.82, 2.24) is 14.9 Å². The van der Waals surface area contributed by atoms with Crippen LogP contribution in [-0.4, -0.2) is 62.6 Å². The number of carbonyl (C=O) groups excluding carboxylic acids is 1. The van der Waals surface area contributed by atoms with Gasteiger partial charge in [0.05, 0.1) is 17.1 Å². The third-order valence-corrected chi connectivity index (χ3v) is 7.03. The van der Waals surface area contributed by atoms with Gasteiger partial charge in [-0.15, -0.1) is 0 Å². The number of morpholine rings is 1. The second-order valence-electron chi connectivity index (χ2n) is 7.57. The maximum Gasteiger partial charge on any atom is 0.251 e. The first kappa shape index (κ1) is 20.3. The molecule has 2 fully saturated rings. The number of carbonyl (C=O) groups is 1. The monoisotopic (exact) mass is 395 g/mol. The number of hydrogen-bond acceptors (Lipinski definition) is 5. The molecule has 1 aromatic carbocycles. The first-order valence-corrected chi connectivity index (χ1v) is 11.0. The molecule has 3 rings (SSSR count). The van der Waals surface area contributed by atoms with Gasteiger partial charge in [0.15, 0.2) is 0 Å². The molecule has 2 heterocycles. The Balaban J connectivity index is 1.77. The molecule has 2 saturated heterocycles. The molecule has 8 heteroatoms. The van der Waals surface area contributed by atoms with E-state index in [9.17, 15) is 13.2 Å². The fourth-order valence-corrected chi connectivity index (χ4v) is 5.40. The predicted octanol–water partition coefficient (Wildman–Crippen LogP) is 1.35. The number of rotatable bonds is 4. The zero-order chi connectivity index (χ0) is 19.6. The highest BCUT2D eigenvalue weighted by Gasteiger charge is 2.32. The lowest BCUT2D eigenvalue weighted by Crippen LogP contribution is -2.51. The molecule has 0 spiro atoms.